The fourth-order valence-corrected chi connectivity index (χ4v) is 3.69. The van der Waals surface area contributed by atoms with E-state index in [-0.39, 0.29) is 4.32 Å². The minimum Gasteiger partial charge on any atom is -0.423 e. The average molecular weight is 426 g/mol. The van der Waals surface area contributed by atoms with Gasteiger partial charge in [0, 0.05) is 5.18 Å². The van der Waals surface area contributed by atoms with Crippen LogP contribution in [-0.4, -0.2) is 33.5 Å². The largest absolute Gasteiger partial charge is 0.423 e. The van der Waals surface area contributed by atoms with Crippen molar-refractivity contribution in [3.05, 3.63) is 75.0 Å². The quantitative estimate of drug-likeness (QED) is 0.237. The van der Waals surface area contributed by atoms with E-state index in [9.17, 15) is 19.3 Å². The second-order valence-electron chi connectivity index (χ2n) is 6.08. The molecule has 0 N–H and O–H groups in total. The van der Waals surface area contributed by atoms with E-state index in [0.717, 1.165) is 22.2 Å². The molecular weight excluding hydrogens is 412 g/mol. The molecule has 1 fully saturated rings. The Bertz CT molecular complexity index is 1030. The van der Waals surface area contributed by atoms with E-state index < -0.39 is 24.3 Å². The minimum absolute atomic E-state index is 0.182. The number of amides is 2. The van der Waals surface area contributed by atoms with Crippen LogP contribution in [0.15, 0.2) is 58.6 Å². The van der Waals surface area contributed by atoms with E-state index in [2.05, 4.69) is 5.18 Å². The van der Waals surface area contributed by atoms with E-state index >= 15 is 0 Å². The summed E-state index contributed by atoms with van der Waals surface area (Å²) in [6, 6.07) is 13.6. The van der Waals surface area contributed by atoms with Gasteiger partial charge in [-0.1, -0.05) is 53.8 Å². The molecule has 2 aromatic carbocycles. The molecule has 1 aliphatic rings. The summed E-state index contributed by atoms with van der Waals surface area (Å²) in [6.45, 7) is 1.46. The monoisotopic (exact) mass is 426 g/mol. The highest BCUT2D eigenvalue weighted by atomic mass is 32.2. The molecule has 1 aliphatic heterocycles. The fourth-order valence-electron chi connectivity index (χ4n) is 2.44. The number of benzene rings is 2. The first-order valence-corrected chi connectivity index (χ1v) is 9.60. The predicted molar refractivity (Wildman–Crippen MR) is 113 cm³/mol. The molecule has 9 heteroatoms. The molecule has 2 amide bonds. The van der Waals surface area contributed by atoms with Crippen molar-refractivity contribution in [2.75, 3.05) is 6.54 Å². The van der Waals surface area contributed by atoms with Crippen LogP contribution in [0.4, 0.5) is 0 Å². The highest BCUT2D eigenvalue weighted by Crippen LogP contribution is 2.32. The van der Waals surface area contributed by atoms with E-state index in [1.165, 1.54) is 0 Å². The number of thioether (sulfide) groups is 1. The standard InChI is InChI=1S/C20H14N2O5S2/c1-12-2-6-14(7-3-12)19(25)27-15-8-4-13(5-9-15)10-16-18(24)22(20(28)29-16)11-17(23)21-26/h2-10H,11H2,1H3/b16-10-. The molecule has 7 nitrogen and oxygen atoms in total. The summed E-state index contributed by atoms with van der Waals surface area (Å²) in [4.78, 5) is 47.3. The van der Waals surface area contributed by atoms with Crippen LogP contribution in [0.2, 0.25) is 0 Å². The van der Waals surface area contributed by atoms with Gasteiger partial charge in [-0.2, -0.15) is 0 Å². The molecule has 0 bridgehead atoms. The number of carbonyl (C=O) groups excluding carboxylic acids is 3. The summed E-state index contributed by atoms with van der Waals surface area (Å²) >= 11 is 6.10. The maximum atomic E-state index is 12.3. The van der Waals surface area contributed by atoms with Crippen molar-refractivity contribution in [3.8, 4) is 5.75 Å². The van der Waals surface area contributed by atoms with Crippen LogP contribution in [0.3, 0.4) is 0 Å². The van der Waals surface area contributed by atoms with Crippen molar-refractivity contribution in [2.24, 2.45) is 5.18 Å². The van der Waals surface area contributed by atoms with Gasteiger partial charge in [0.2, 0.25) is 0 Å². The molecule has 2 aromatic rings. The minimum atomic E-state index is -0.970. The van der Waals surface area contributed by atoms with Gasteiger partial charge in [0.05, 0.1) is 10.5 Å². The third-order valence-electron chi connectivity index (χ3n) is 3.94. The van der Waals surface area contributed by atoms with Gasteiger partial charge in [0.25, 0.3) is 5.91 Å². The Morgan fingerprint density at radius 3 is 2.41 bits per heavy atom. The van der Waals surface area contributed by atoms with Gasteiger partial charge in [-0.3, -0.25) is 14.5 Å². The summed E-state index contributed by atoms with van der Waals surface area (Å²) in [5.74, 6) is -1.54. The number of nitroso groups, excluding NO2 is 1. The first-order valence-electron chi connectivity index (χ1n) is 8.38. The normalized spacial score (nSPS) is 14.9. The molecule has 0 aliphatic carbocycles. The molecule has 1 heterocycles. The third-order valence-corrected chi connectivity index (χ3v) is 5.32. The van der Waals surface area contributed by atoms with E-state index in [1.54, 1.807) is 42.5 Å². The number of rotatable bonds is 5. The zero-order valence-corrected chi connectivity index (χ0v) is 16.8. The summed E-state index contributed by atoms with van der Waals surface area (Å²) in [5, 5.41) is 2.28. The lowest BCUT2D eigenvalue weighted by Gasteiger charge is -2.10. The van der Waals surface area contributed by atoms with Gasteiger partial charge in [-0.15, -0.1) is 4.91 Å². The van der Waals surface area contributed by atoms with Crippen LogP contribution in [0, 0.1) is 11.8 Å². The summed E-state index contributed by atoms with van der Waals surface area (Å²) in [5.41, 5.74) is 2.17. The molecule has 0 aromatic heterocycles. The predicted octanol–water partition coefficient (Wildman–Crippen LogP) is 3.71. The van der Waals surface area contributed by atoms with Crippen LogP contribution < -0.4 is 4.74 Å². The van der Waals surface area contributed by atoms with Crippen LogP contribution in [0.5, 0.6) is 5.75 Å². The van der Waals surface area contributed by atoms with Crippen molar-refractivity contribution in [3.63, 3.8) is 0 Å². The lowest BCUT2D eigenvalue weighted by Crippen LogP contribution is -2.32. The second-order valence-corrected chi connectivity index (χ2v) is 7.75. The second kappa shape index (κ2) is 8.89. The number of aryl methyl sites for hydroxylation is 1. The number of thiocarbonyl (C=S) groups is 1. The van der Waals surface area contributed by atoms with Crippen molar-refractivity contribution < 1.29 is 19.1 Å². The molecule has 1 saturated heterocycles. The molecule has 0 radical (unpaired) electrons. The third kappa shape index (κ3) is 5.01. The van der Waals surface area contributed by atoms with Gasteiger partial charge in [0.15, 0.2) is 0 Å². The van der Waals surface area contributed by atoms with Gasteiger partial charge in [-0.05, 0) is 42.8 Å². The van der Waals surface area contributed by atoms with E-state index in [1.807, 2.05) is 19.1 Å². The van der Waals surface area contributed by atoms with E-state index in [4.69, 9.17) is 17.0 Å². The number of nitrogens with zero attached hydrogens (tertiary/aromatic N) is 2. The molecule has 0 spiro atoms. The van der Waals surface area contributed by atoms with Crippen LogP contribution in [0.1, 0.15) is 21.5 Å². The van der Waals surface area contributed by atoms with Crippen LogP contribution in [-0.2, 0) is 9.59 Å². The Hall–Kier alpha value is -3.17. The summed E-state index contributed by atoms with van der Waals surface area (Å²) < 4.78 is 5.52. The first kappa shape index (κ1) is 20.6. The Balaban J connectivity index is 1.68. The summed E-state index contributed by atoms with van der Waals surface area (Å²) in [6.07, 6.45) is 1.60. The van der Waals surface area contributed by atoms with Gasteiger partial charge >= 0.3 is 11.9 Å². The summed E-state index contributed by atoms with van der Waals surface area (Å²) in [7, 11) is 0. The molecule has 0 saturated carbocycles. The Morgan fingerprint density at radius 2 is 1.79 bits per heavy atom. The fraction of sp³-hybridized carbons (Fsp3) is 0.100. The lowest BCUT2D eigenvalue weighted by atomic mass is 10.1. The van der Waals surface area contributed by atoms with Crippen molar-refractivity contribution in [1.29, 1.82) is 0 Å². The molecule has 146 valence electrons. The zero-order valence-electron chi connectivity index (χ0n) is 15.2. The first-order chi connectivity index (χ1) is 13.9. The number of hydrogen-bond donors (Lipinski definition) is 0. The zero-order chi connectivity index (χ0) is 21.0. The van der Waals surface area contributed by atoms with Crippen LogP contribution >= 0.6 is 24.0 Å². The Morgan fingerprint density at radius 1 is 1.14 bits per heavy atom. The van der Waals surface area contributed by atoms with Crippen LogP contribution in [0.25, 0.3) is 6.08 Å². The highest BCUT2D eigenvalue weighted by molar-refractivity contribution is 8.26. The smallest absolute Gasteiger partial charge is 0.343 e. The Kier molecular flexibility index (Phi) is 6.30. The Labute approximate surface area is 175 Å². The number of carbonyl (C=O) groups is 3. The van der Waals surface area contributed by atoms with Gasteiger partial charge in [-0.25, -0.2) is 4.79 Å². The van der Waals surface area contributed by atoms with Gasteiger partial charge < -0.3 is 4.74 Å². The molecule has 0 atom stereocenters. The molecular formula is C20H14N2O5S2. The van der Waals surface area contributed by atoms with E-state index in [0.29, 0.717) is 21.8 Å². The number of hydrogen-bond acceptors (Lipinski definition) is 7. The highest BCUT2D eigenvalue weighted by Gasteiger charge is 2.33. The average Bonchev–Trinajstić information content (AvgIpc) is 2.97. The maximum Gasteiger partial charge on any atom is 0.343 e. The molecule has 3 rings (SSSR count). The van der Waals surface area contributed by atoms with Crippen molar-refractivity contribution >= 4 is 52.2 Å². The van der Waals surface area contributed by atoms with Gasteiger partial charge in [0.1, 0.15) is 16.6 Å². The maximum absolute atomic E-state index is 12.3. The topological polar surface area (TPSA) is 93.1 Å². The molecule has 0 unspecified atom stereocenters. The number of esters is 1. The van der Waals surface area contributed by atoms with Crippen molar-refractivity contribution in [2.45, 2.75) is 6.92 Å². The molecule has 29 heavy (non-hydrogen) atoms. The SMILES string of the molecule is Cc1ccc(C(=O)Oc2ccc(/C=C3\SC(=S)N(CC(=O)N=O)C3=O)cc2)cc1. The number of ether oxygens (including phenoxy) is 1. The lowest BCUT2D eigenvalue weighted by molar-refractivity contribution is -0.127. The van der Waals surface area contributed by atoms with Crippen molar-refractivity contribution in [1.82, 2.24) is 4.90 Å².